The minimum Gasteiger partial charge on any atom is -0.313 e. The predicted octanol–water partition coefficient (Wildman–Crippen LogP) is 5.08. The molecular formula is C22H25NO3S2. The Morgan fingerprint density at radius 1 is 1.14 bits per heavy atom. The summed E-state index contributed by atoms with van der Waals surface area (Å²) in [6.45, 7) is 6.18. The van der Waals surface area contributed by atoms with Gasteiger partial charge >= 0.3 is 0 Å². The van der Waals surface area contributed by atoms with Gasteiger partial charge in [-0.05, 0) is 72.0 Å². The van der Waals surface area contributed by atoms with Crippen molar-refractivity contribution in [2.45, 2.75) is 31.6 Å². The molecule has 0 saturated heterocycles. The molecule has 28 heavy (non-hydrogen) atoms. The first-order valence-electron chi connectivity index (χ1n) is 9.33. The second-order valence-electron chi connectivity index (χ2n) is 6.81. The van der Waals surface area contributed by atoms with Crippen molar-refractivity contribution in [3.63, 3.8) is 0 Å². The zero-order valence-corrected chi connectivity index (χ0v) is 17.7. The van der Waals surface area contributed by atoms with Crippen LogP contribution in [-0.2, 0) is 16.5 Å². The van der Waals surface area contributed by atoms with Crippen molar-refractivity contribution in [3.05, 3.63) is 70.6 Å². The van der Waals surface area contributed by atoms with E-state index in [1.165, 1.54) is 38.9 Å². The molecule has 0 bridgehead atoms. The fourth-order valence-electron chi connectivity index (χ4n) is 3.12. The van der Waals surface area contributed by atoms with Crippen molar-refractivity contribution >= 4 is 37.1 Å². The summed E-state index contributed by atoms with van der Waals surface area (Å²) >= 11 is 1.88. The van der Waals surface area contributed by atoms with Gasteiger partial charge in [-0.25, -0.2) is 0 Å². The summed E-state index contributed by atoms with van der Waals surface area (Å²) in [6, 6.07) is 12.9. The zero-order valence-electron chi connectivity index (χ0n) is 16.1. The molecule has 1 aliphatic rings. The van der Waals surface area contributed by atoms with E-state index in [0.29, 0.717) is 0 Å². The number of benzene rings is 2. The smallest absolute Gasteiger partial charge is 0.294 e. The van der Waals surface area contributed by atoms with Crippen LogP contribution in [0, 0.1) is 6.92 Å². The summed E-state index contributed by atoms with van der Waals surface area (Å²) in [4.78, 5) is -0.0666. The molecule has 2 heterocycles. The molecule has 6 heteroatoms. The Bertz CT molecular complexity index is 1080. The topological polar surface area (TPSA) is 66.4 Å². The van der Waals surface area contributed by atoms with Gasteiger partial charge in [0.1, 0.15) is 0 Å². The molecule has 148 valence electrons. The SMILES string of the molecule is CCc1ccc2c(C3=CCNCC3)csc2c1.Cc1ccc(S(=O)(=O)O)cc1. The summed E-state index contributed by atoms with van der Waals surface area (Å²) in [5.41, 5.74) is 5.36. The summed E-state index contributed by atoms with van der Waals surface area (Å²) in [5.74, 6) is 0. The first kappa shape index (κ1) is 20.7. The standard InChI is InChI=1S/C15H17NS.C7H8O3S/c1-2-11-3-4-13-14(10-17-15(13)9-11)12-5-7-16-8-6-12;1-6-2-4-7(5-3-6)11(8,9)10/h3-5,9-10,16H,2,6-8H2,1H3;2-5H,1H3,(H,8,9,10). The molecule has 2 N–H and O–H groups in total. The minimum atomic E-state index is -4.02. The molecule has 1 aromatic heterocycles. The molecule has 0 fully saturated rings. The van der Waals surface area contributed by atoms with Crippen molar-refractivity contribution in [2.24, 2.45) is 0 Å². The van der Waals surface area contributed by atoms with Crippen LogP contribution in [0.4, 0.5) is 0 Å². The summed E-state index contributed by atoms with van der Waals surface area (Å²) in [5, 5.41) is 7.12. The van der Waals surface area contributed by atoms with E-state index in [1.54, 1.807) is 12.1 Å². The van der Waals surface area contributed by atoms with Crippen LogP contribution >= 0.6 is 11.3 Å². The number of hydrogen-bond donors (Lipinski definition) is 2. The van der Waals surface area contributed by atoms with Gasteiger partial charge < -0.3 is 5.32 Å². The lowest BCUT2D eigenvalue weighted by Gasteiger charge is -2.13. The Balaban J connectivity index is 0.000000178. The van der Waals surface area contributed by atoms with Crippen LogP contribution in [0.3, 0.4) is 0 Å². The highest BCUT2D eigenvalue weighted by atomic mass is 32.2. The molecule has 3 aromatic rings. The van der Waals surface area contributed by atoms with Gasteiger partial charge in [0.05, 0.1) is 4.90 Å². The summed E-state index contributed by atoms with van der Waals surface area (Å²) in [6.07, 6.45) is 4.61. The highest BCUT2D eigenvalue weighted by Crippen LogP contribution is 2.33. The highest BCUT2D eigenvalue weighted by Gasteiger charge is 2.11. The molecule has 0 saturated carbocycles. The third-order valence-electron chi connectivity index (χ3n) is 4.78. The lowest BCUT2D eigenvalue weighted by atomic mass is 9.99. The lowest BCUT2D eigenvalue weighted by molar-refractivity contribution is 0.483. The Labute approximate surface area is 170 Å². The van der Waals surface area contributed by atoms with Crippen molar-refractivity contribution in [1.29, 1.82) is 0 Å². The maximum absolute atomic E-state index is 10.5. The second kappa shape index (κ2) is 9.01. The quantitative estimate of drug-likeness (QED) is 0.585. The van der Waals surface area contributed by atoms with Crippen LogP contribution in [0.15, 0.2) is 58.8 Å². The number of hydrogen-bond acceptors (Lipinski definition) is 4. The maximum atomic E-state index is 10.5. The van der Waals surface area contributed by atoms with Gasteiger partial charge in [0, 0.05) is 11.2 Å². The number of rotatable bonds is 3. The first-order chi connectivity index (χ1) is 13.4. The number of nitrogens with one attached hydrogen (secondary N) is 1. The molecule has 0 spiro atoms. The molecule has 4 rings (SSSR count). The van der Waals surface area contributed by atoms with E-state index in [-0.39, 0.29) is 4.90 Å². The van der Waals surface area contributed by atoms with Gasteiger partial charge in [-0.3, -0.25) is 4.55 Å². The van der Waals surface area contributed by atoms with E-state index in [1.807, 2.05) is 18.3 Å². The summed E-state index contributed by atoms with van der Waals surface area (Å²) in [7, 11) is -4.02. The second-order valence-corrected chi connectivity index (χ2v) is 9.14. The predicted molar refractivity (Wildman–Crippen MR) is 118 cm³/mol. The van der Waals surface area contributed by atoms with Crippen LogP contribution in [0.2, 0.25) is 0 Å². The van der Waals surface area contributed by atoms with Crippen molar-refractivity contribution in [3.8, 4) is 0 Å². The fraction of sp³-hybridized carbons (Fsp3) is 0.273. The van der Waals surface area contributed by atoms with Crippen molar-refractivity contribution < 1.29 is 13.0 Å². The number of aryl methyl sites for hydroxylation is 2. The van der Waals surface area contributed by atoms with Gasteiger partial charge in [0.15, 0.2) is 0 Å². The maximum Gasteiger partial charge on any atom is 0.294 e. The first-order valence-corrected chi connectivity index (χ1v) is 11.6. The van der Waals surface area contributed by atoms with E-state index < -0.39 is 10.1 Å². The van der Waals surface area contributed by atoms with Gasteiger partial charge in [0.2, 0.25) is 0 Å². The fourth-order valence-corrected chi connectivity index (χ4v) is 4.65. The van der Waals surface area contributed by atoms with Crippen LogP contribution in [0.25, 0.3) is 15.7 Å². The molecular weight excluding hydrogens is 390 g/mol. The molecule has 4 nitrogen and oxygen atoms in total. The third kappa shape index (κ3) is 5.08. The molecule has 0 radical (unpaired) electrons. The van der Waals surface area contributed by atoms with E-state index in [4.69, 9.17) is 4.55 Å². The Kier molecular flexibility index (Phi) is 6.67. The van der Waals surface area contributed by atoms with Crippen molar-refractivity contribution in [1.82, 2.24) is 5.32 Å². The average Bonchev–Trinajstić information content (AvgIpc) is 3.12. The minimum absolute atomic E-state index is 0.0666. The van der Waals surface area contributed by atoms with Crippen molar-refractivity contribution in [2.75, 3.05) is 13.1 Å². The Morgan fingerprint density at radius 2 is 1.89 bits per heavy atom. The average molecular weight is 416 g/mol. The van der Waals surface area contributed by atoms with E-state index >= 15 is 0 Å². The van der Waals surface area contributed by atoms with Gasteiger partial charge in [-0.1, -0.05) is 42.8 Å². The molecule has 0 aliphatic carbocycles. The highest BCUT2D eigenvalue weighted by molar-refractivity contribution is 7.85. The summed E-state index contributed by atoms with van der Waals surface area (Å²) < 4.78 is 31.0. The molecule has 0 amide bonds. The molecule has 0 unspecified atom stereocenters. The molecule has 1 aliphatic heterocycles. The monoisotopic (exact) mass is 415 g/mol. The lowest BCUT2D eigenvalue weighted by Crippen LogP contribution is -2.19. The molecule has 2 aromatic carbocycles. The Hall–Kier alpha value is -1.99. The van der Waals surface area contributed by atoms with Crippen LogP contribution in [0.5, 0.6) is 0 Å². The van der Waals surface area contributed by atoms with Crippen LogP contribution in [-0.4, -0.2) is 26.1 Å². The van der Waals surface area contributed by atoms with E-state index in [9.17, 15) is 8.42 Å². The van der Waals surface area contributed by atoms with E-state index in [2.05, 4.69) is 41.9 Å². The largest absolute Gasteiger partial charge is 0.313 e. The van der Waals surface area contributed by atoms with Crippen LogP contribution in [0.1, 0.15) is 30.0 Å². The normalized spacial score (nSPS) is 14.3. The van der Waals surface area contributed by atoms with E-state index in [0.717, 1.165) is 31.5 Å². The number of thiophene rings is 1. The number of fused-ring (bicyclic) bond motifs is 1. The third-order valence-corrected chi connectivity index (χ3v) is 6.59. The Morgan fingerprint density at radius 3 is 2.50 bits per heavy atom. The van der Waals surface area contributed by atoms with Gasteiger partial charge in [-0.2, -0.15) is 8.42 Å². The van der Waals surface area contributed by atoms with Crippen LogP contribution < -0.4 is 5.32 Å². The zero-order chi connectivity index (χ0) is 20.1. The van der Waals surface area contributed by atoms with Gasteiger partial charge in [0.25, 0.3) is 10.1 Å². The van der Waals surface area contributed by atoms with Gasteiger partial charge in [-0.15, -0.1) is 11.3 Å². The molecule has 0 atom stereocenters.